The minimum Gasteiger partial charge on any atom is -0.469 e. The Bertz CT molecular complexity index is 1010. The van der Waals surface area contributed by atoms with E-state index < -0.39 is 30.4 Å². The summed E-state index contributed by atoms with van der Waals surface area (Å²) in [5.41, 5.74) is 0. The maximum Gasteiger partial charge on any atom is 0.305 e. The Balaban J connectivity index is -0.0000000569. The number of rotatable bonds is 12. The fourth-order valence-electron chi connectivity index (χ4n) is 1.22. The highest BCUT2D eigenvalue weighted by molar-refractivity contribution is 7.87. The Morgan fingerprint density at radius 1 is 0.288 bits per heavy atom. The van der Waals surface area contributed by atoms with Crippen LogP contribution in [0.3, 0.4) is 0 Å². The van der Waals surface area contributed by atoms with Gasteiger partial charge in [-0.3, -0.25) is 41.3 Å². The molecule has 24 heteroatoms. The molecule has 0 aliphatic carbocycles. The quantitative estimate of drug-likeness (QED) is 0.149. The average Bonchev–Trinajstić information content (AvgIpc) is 3.29. The molecule has 21 nitrogen and oxygen atoms in total. The van der Waals surface area contributed by atoms with E-state index in [4.69, 9.17) is 0 Å². The van der Waals surface area contributed by atoms with Crippen LogP contribution in [0, 0.1) is 0 Å². The topological polar surface area (TPSA) is 288 Å². The van der Waals surface area contributed by atoms with Gasteiger partial charge in [0, 0.05) is 38.5 Å². The fraction of sp³-hybridized carbons (Fsp3) is 0.829. The standard InChI is InChI=1S/6C4H8O2.3C3H8O3S.C2H6/c6*1-3-4(5)6-2;3*1-3-7(4,5)6-2;1-2/h6*3H2,1-2H3;3*3H2,1-2H3;1-2H3. The molecule has 0 aromatic heterocycles. The highest BCUT2D eigenvalue weighted by atomic mass is 32.2. The molecule has 0 amide bonds. The SMILES string of the molecule is CC.CCC(=O)OC.CCC(=O)OC.CCC(=O)OC.CCC(=O)OC.CCC(=O)OC.CCC(=O)OC.CCS(=O)(=O)OC.CCS(=O)(=O)OC.CCS(=O)(=O)OC. The molecule has 0 N–H and O–H groups in total. The van der Waals surface area contributed by atoms with E-state index in [0.717, 1.165) is 21.3 Å². The first-order valence-electron chi connectivity index (χ1n) is 18.0. The van der Waals surface area contributed by atoms with Crippen molar-refractivity contribution in [2.75, 3.05) is 81.2 Å². The Morgan fingerprint density at radius 2 is 0.390 bits per heavy atom. The van der Waals surface area contributed by atoms with Crippen LogP contribution >= 0.6 is 0 Å². The van der Waals surface area contributed by atoms with E-state index >= 15 is 0 Å². The van der Waals surface area contributed by atoms with E-state index in [1.54, 1.807) is 41.5 Å². The number of hydrogen-bond acceptors (Lipinski definition) is 21. The molecular weight excluding hydrogens is 853 g/mol. The van der Waals surface area contributed by atoms with Crippen molar-refractivity contribution in [1.82, 2.24) is 0 Å². The van der Waals surface area contributed by atoms with E-state index in [2.05, 4.69) is 41.0 Å². The van der Waals surface area contributed by atoms with Crippen LogP contribution in [0.1, 0.15) is 115 Å². The molecule has 0 fully saturated rings. The summed E-state index contributed by atoms with van der Waals surface area (Å²) < 4.78 is 98.6. The maximum atomic E-state index is 10.1. The molecule has 0 saturated heterocycles. The molecule has 0 saturated carbocycles. The van der Waals surface area contributed by atoms with Crippen LogP contribution in [-0.2, 0) is 100 Å². The predicted octanol–water partition coefficient (Wildman–Crippen LogP) is 4.39. The molecule has 0 heterocycles. The third-order valence-corrected chi connectivity index (χ3v) is 8.57. The van der Waals surface area contributed by atoms with Gasteiger partial charge in [0.15, 0.2) is 0 Å². The van der Waals surface area contributed by atoms with Gasteiger partial charge in [0.25, 0.3) is 30.4 Å². The zero-order chi connectivity index (χ0) is 49.7. The van der Waals surface area contributed by atoms with Crippen molar-refractivity contribution >= 4 is 66.2 Å². The maximum absolute atomic E-state index is 10.1. The Hall–Kier alpha value is -3.45. The second-order valence-electron chi connectivity index (χ2n) is 8.62. The third kappa shape index (κ3) is 101. The van der Waals surface area contributed by atoms with Gasteiger partial charge in [-0.2, -0.15) is 25.3 Å². The Kier molecular flexibility index (Phi) is 82.7. The predicted molar refractivity (Wildman–Crippen MR) is 225 cm³/mol. The highest BCUT2D eigenvalue weighted by Gasteiger charge is 2.01. The molecule has 0 aromatic carbocycles. The van der Waals surface area contributed by atoms with Gasteiger partial charge in [0.1, 0.15) is 0 Å². The molecule has 0 aliphatic rings. The van der Waals surface area contributed by atoms with Gasteiger partial charge >= 0.3 is 35.8 Å². The summed E-state index contributed by atoms with van der Waals surface area (Å²) >= 11 is 0. The summed E-state index contributed by atoms with van der Waals surface area (Å²) in [7, 11) is 2.27. The average molecular weight is 931 g/mol. The van der Waals surface area contributed by atoms with Crippen LogP contribution in [0.4, 0.5) is 0 Å². The van der Waals surface area contributed by atoms with Crippen molar-refractivity contribution in [3.8, 4) is 0 Å². The van der Waals surface area contributed by atoms with Crippen LogP contribution < -0.4 is 0 Å². The smallest absolute Gasteiger partial charge is 0.305 e. The van der Waals surface area contributed by atoms with Crippen LogP contribution in [0.25, 0.3) is 0 Å². The van der Waals surface area contributed by atoms with Crippen LogP contribution in [0.5, 0.6) is 0 Å². The van der Waals surface area contributed by atoms with Gasteiger partial charge in [0.2, 0.25) is 0 Å². The largest absolute Gasteiger partial charge is 0.469 e. The summed E-state index contributed by atoms with van der Waals surface area (Å²) in [6.07, 6.45) is 2.81. The second kappa shape index (κ2) is 61.2. The number of esters is 6. The molecule has 59 heavy (non-hydrogen) atoms. The molecule has 0 atom stereocenters. The van der Waals surface area contributed by atoms with Gasteiger partial charge < -0.3 is 28.4 Å². The molecule has 0 unspecified atom stereocenters. The van der Waals surface area contributed by atoms with Gasteiger partial charge in [-0.05, 0) is 20.8 Å². The van der Waals surface area contributed by atoms with Crippen LogP contribution in [0.15, 0.2) is 0 Å². The molecule has 362 valence electrons. The fourth-order valence-corrected chi connectivity index (χ4v) is 1.93. The summed E-state index contributed by atoms with van der Waals surface area (Å²) in [6.45, 7) is 19.1. The van der Waals surface area contributed by atoms with Crippen molar-refractivity contribution in [2.24, 2.45) is 0 Å². The minimum atomic E-state index is -3.16. The van der Waals surface area contributed by atoms with E-state index in [-0.39, 0.29) is 53.1 Å². The molecule has 0 aromatic rings. The minimum absolute atomic E-state index is 0.0451. The van der Waals surface area contributed by atoms with Gasteiger partial charge in [0.05, 0.1) is 81.2 Å². The number of ether oxygens (including phenoxy) is 6. The monoisotopic (exact) mass is 930 g/mol. The van der Waals surface area contributed by atoms with E-state index in [0.29, 0.717) is 38.5 Å². The molecule has 0 spiro atoms. The summed E-state index contributed by atoms with van der Waals surface area (Å²) in [6, 6.07) is 0. The van der Waals surface area contributed by atoms with Gasteiger partial charge in [-0.15, -0.1) is 0 Å². The van der Waals surface area contributed by atoms with Crippen molar-refractivity contribution in [2.45, 2.75) is 115 Å². The lowest BCUT2D eigenvalue weighted by Gasteiger charge is -1.90. The zero-order valence-corrected chi connectivity index (χ0v) is 41.6. The van der Waals surface area contributed by atoms with Gasteiger partial charge in [-0.25, -0.2) is 0 Å². The zero-order valence-electron chi connectivity index (χ0n) is 39.2. The van der Waals surface area contributed by atoms with Crippen molar-refractivity contribution < 1.29 is 95.0 Å². The summed E-state index contributed by atoms with van der Waals surface area (Å²) in [5, 5.41) is 0. The highest BCUT2D eigenvalue weighted by Crippen LogP contribution is 1.87. The first kappa shape index (κ1) is 79.7. The van der Waals surface area contributed by atoms with Crippen LogP contribution in [0.2, 0.25) is 0 Å². The number of methoxy groups -OCH3 is 6. The second-order valence-corrected chi connectivity index (χ2v) is 14.7. The van der Waals surface area contributed by atoms with E-state index in [1.165, 1.54) is 63.4 Å². The number of carbonyl (C=O) groups is 6. The first-order chi connectivity index (χ1) is 27.2. The molecule has 0 bridgehead atoms. The molecule has 0 radical (unpaired) electrons. The number of hydrogen-bond donors (Lipinski definition) is 0. The van der Waals surface area contributed by atoms with Crippen molar-refractivity contribution in [3.05, 3.63) is 0 Å². The molecular formula is C35H78O21S3. The Morgan fingerprint density at radius 3 is 0.390 bits per heavy atom. The first-order valence-corrected chi connectivity index (χ1v) is 22.7. The lowest BCUT2D eigenvalue weighted by atomic mass is 10.5. The summed E-state index contributed by atoms with van der Waals surface area (Å²) in [4.78, 5) is 59.8. The normalized spacial score (nSPS) is 8.95. The van der Waals surface area contributed by atoms with Crippen molar-refractivity contribution in [1.29, 1.82) is 0 Å². The third-order valence-electron chi connectivity index (χ3n) is 4.92. The number of carbonyl (C=O) groups excluding carboxylic acids is 6. The van der Waals surface area contributed by atoms with E-state index in [1.807, 2.05) is 13.8 Å². The van der Waals surface area contributed by atoms with E-state index in [9.17, 15) is 54.0 Å². The Labute approximate surface area is 356 Å². The van der Waals surface area contributed by atoms with Crippen LogP contribution in [-0.4, -0.2) is 142 Å². The van der Waals surface area contributed by atoms with Gasteiger partial charge in [-0.1, -0.05) is 55.4 Å². The van der Waals surface area contributed by atoms with Crippen molar-refractivity contribution in [3.63, 3.8) is 0 Å². The molecule has 0 aliphatic heterocycles. The lowest BCUT2D eigenvalue weighted by Crippen LogP contribution is -2.03. The lowest BCUT2D eigenvalue weighted by molar-refractivity contribution is -0.141. The summed E-state index contributed by atoms with van der Waals surface area (Å²) in [5.74, 6) is -0.809. The molecule has 0 rings (SSSR count).